The van der Waals surface area contributed by atoms with Gasteiger partial charge in [0.15, 0.2) is 0 Å². The van der Waals surface area contributed by atoms with Gasteiger partial charge in [-0.05, 0) is 53.8 Å². The van der Waals surface area contributed by atoms with Gasteiger partial charge in [-0.1, -0.05) is 12.1 Å². The van der Waals surface area contributed by atoms with Crippen LogP contribution >= 0.6 is 0 Å². The average Bonchev–Trinajstić information content (AvgIpc) is 2.95. The first-order chi connectivity index (χ1) is 12.0. The topological polar surface area (TPSA) is 63.1 Å². The molecule has 3 aromatic rings. The molecule has 0 saturated carbocycles. The molecular weight excluding hydrogens is 314 g/mol. The summed E-state index contributed by atoms with van der Waals surface area (Å²) in [6, 6.07) is 15.4. The van der Waals surface area contributed by atoms with Crippen molar-refractivity contribution in [3.8, 4) is 0 Å². The zero-order chi connectivity index (χ0) is 17.8. The molecule has 0 bridgehead atoms. The number of aryl methyl sites for hydroxylation is 2. The summed E-state index contributed by atoms with van der Waals surface area (Å²) in [5.74, 6) is -0.147. The minimum absolute atomic E-state index is 0.0285. The van der Waals surface area contributed by atoms with Gasteiger partial charge in [-0.25, -0.2) is 0 Å². The highest BCUT2D eigenvalue weighted by atomic mass is 16.2. The number of nitrogens with zero attached hydrogens (tertiary/aromatic N) is 1. The standard InChI is InChI=1S/C20H21N3O2/c1-14(24)21-17-6-8-18(9-7-17)22-20(25)10-4-15-3-5-16-11-12-23(2)19(16)13-15/h3,5-9,11-13H,4,10H2,1-2H3,(H,21,24)(H,22,25). The van der Waals surface area contributed by atoms with Crippen LogP contribution in [-0.2, 0) is 23.1 Å². The zero-order valence-corrected chi connectivity index (χ0v) is 14.4. The zero-order valence-electron chi connectivity index (χ0n) is 14.4. The number of amides is 2. The largest absolute Gasteiger partial charge is 0.351 e. The van der Waals surface area contributed by atoms with Gasteiger partial charge >= 0.3 is 0 Å². The van der Waals surface area contributed by atoms with Crippen LogP contribution in [-0.4, -0.2) is 16.4 Å². The molecule has 128 valence electrons. The molecule has 1 aromatic heterocycles. The van der Waals surface area contributed by atoms with E-state index in [4.69, 9.17) is 0 Å². The van der Waals surface area contributed by atoms with Gasteiger partial charge in [0.05, 0.1) is 0 Å². The maximum absolute atomic E-state index is 12.1. The van der Waals surface area contributed by atoms with Gasteiger partial charge in [0, 0.05) is 43.5 Å². The predicted octanol–water partition coefficient (Wildman–Crippen LogP) is 3.71. The SMILES string of the molecule is CC(=O)Nc1ccc(NC(=O)CCc2ccc3ccn(C)c3c2)cc1. The van der Waals surface area contributed by atoms with E-state index in [1.807, 2.05) is 13.2 Å². The van der Waals surface area contributed by atoms with Gasteiger partial charge in [0.1, 0.15) is 0 Å². The van der Waals surface area contributed by atoms with Crippen LogP contribution in [0.4, 0.5) is 11.4 Å². The number of nitrogens with one attached hydrogen (secondary N) is 2. The summed E-state index contributed by atoms with van der Waals surface area (Å²) in [5, 5.41) is 6.78. The Balaban J connectivity index is 1.56. The van der Waals surface area contributed by atoms with Crippen molar-refractivity contribution in [1.29, 1.82) is 0 Å². The van der Waals surface area contributed by atoms with E-state index in [0.29, 0.717) is 18.5 Å². The van der Waals surface area contributed by atoms with E-state index in [9.17, 15) is 9.59 Å². The van der Waals surface area contributed by atoms with Crippen LogP contribution in [0.3, 0.4) is 0 Å². The highest BCUT2D eigenvalue weighted by Gasteiger charge is 2.05. The third-order valence-electron chi connectivity index (χ3n) is 4.08. The quantitative estimate of drug-likeness (QED) is 0.746. The molecule has 0 unspecified atom stereocenters. The van der Waals surface area contributed by atoms with Crippen molar-refractivity contribution in [3.05, 3.63) is 60.3 Å². The molecule has 2 amide bonds. The molecule has 1 heterocycles. The van der Waals surface area contributed by atoms with E-state index >= 15 is 0 Å². The molecular formula is C20H21N3O2. The molecule has 25 heavy (non-hydrogen) atoms. The third kappa shape index (κ3) is 4.26. The van der Waals surface area contributed by atoms with Crippen LogP contribution in [0.25, 0.3) is 10.9 Å². The number of aromatic nitrogens is 1. The molecule has 0 aliphatic rings. The van der Waals surface area contributed by atoms with Crippen LogP contribution in [0.1, 0.15) is 18.9 Å². The van der Waals surface area contributed by atoms with Gasteiger partial charge in [-0.3, -0.25) is 9.59 Å². The summed E-state index contributed by atoms with van der Waals surface area (Å²) in [7, 11) is 2.02. The van der Waals surface area contributed by atoms with Crippen molar-refractivity contribution >= 4 is 34.1 Å². The molecule has 0 spiro atoms. The Kier molecular flexibility index (Phi) is 4.84. The van der Waals surface area contributed by atoms with Crippen LogP contribution in [0.15, 0.2) is 54.7 Å². The van der Waals surface area contributed by atoms with Crippen molar-refractivity contribution in [3.63, 3.8) is 0 Å². The molecule has 3 rings (SSSR count). The first kappa shape index (κ1) is 16.8. The van der Waals surface area contributed by atoms with Crippen LogP contribution in [0.2, 0.25) is 0 Å². The smallest absolute Gasteiger partial charge is 0.224 e. The molecule has 0 fully saturated rings. The molecule has 5 nitrogen and oxygen atoms in total. The van der Waals surface area contributed by atoms with E-state index < -0.39 is 0 Å². The first-order valence-corrected chi connectivity index (χ1v) is 8.23. The Labute approximate surface area is 146 Å². The molecule has 0 atom stereocenters. The second-order valence-electron chi connectivity index (χ2n) is 6.13. The number of rotatable bonds is 5. The summed E-state index contributed by atoms with van der Waals surface area (Å²) in [4.78, 5) is 23.1. The fourth-order valence-corrected chi connectivity index (χ4v) is 2.79. The van der Waals surface area contributed by atoms with Crippen molar-refractivity contribution in [2.24, 2.45) is 7.05 Å². The van der Waals surface area contributed by atoms with E-state index in [-0.39, 0.29) is 11.8 Å². The third-order valence-corrected chi connectivity index (χ3v) is 4.08. The van der Waals surface area contributed by atoms with Crippen LogP contribution in [0.5, 0.6) is 0 Å². The van der Waals surface area contributed by atoms with E-state index in [1.54, 1.807) is 24.3 Å². The normalized spacial score (nSPS) is 10.6. The monoisotopic (exact) mass is 335 g/mol. The Hall–Kier alpha value is -3.08. The number of fused-ring (bicyclic) bond motifs is 1. The maximum Gasteiger partial charge on any atom is 0.224 e. The number of hydrogen-bond acceptors (Lipinski definition) is 2. The number of hydrogen-bond donors (Lipinski definition) is 2. The van der Waals surface area contributed by atoms with Crippen LogP contribution < -0.4 is 10.6 Å². The van der Waals surface area contributed by atoms with Crippen molar-refractivity contribution in [1.82, 2.24) is 4.57 Å². The van der Waals surface area contributed by atoms with Gasteiger partial charge in [-0.15, -0.1) is 0 Å². The number of benzene rings is 2. The summed E-state index contributed by atoms with van der Waals surface area (Å²) >= 11 is 0. The van der Waals surface area contributed by atoms with E-state index in [0.717, 1.165) is 11.3 Å². The average molecular weight is 335 g/mol. The first-order valence-electron chi connectivity index (χ1n) is 8.23. The lowest BCUT2D eigenvalue weighted by molar-refractivity contribution is -0.116. The number of carbonyl (C=O) groups is 2. The van der Waals surface area contributed by atoms with Crippen molar-refractivity contribution in [2.45, 2.75) is 19.8 Å². The van der Waals surface area contributed by atoms with Crippen molar-refractivity contribution < 1.29 is 9.59 Å². The Morgan fingerprint density at radius 3 is 2.32 bits per heavy atom. The lowest BCUT2D eigenvalue weighted by atomic mass is 10.1. The Bertz CT molecular complexity index is 910. The summed E-state index contributed by atoms with van der Waals surface area (Å²) in [5.41, 5.74) is 3.75. The van der Waals surface area contributed by atoms with E-state index in [2.05, 4.69) is 39.5 Å². The molecule has 2 aromatic carbocycles. The Morgan fingerprint density at radius 1 is 0.960 bits per heavy atom. The molecule has 0 radical (unpaired) electrons. The summed E-state index contributed by atoms with van der Waals surface area (Å²) < 4.78 is 2.08. The summed E-state index contributed by atoms with van der Waals surface area (Å²) in [6.45, 7) is 1.46. The molecule has 0 aliphatic heterocycles. The molecule has 0 aliphatic carbocycles. The fourth-order valence-electron chi connectivity index (χ4n) is 2.79. The van der Waals surface area contributed by atoms with Crippen molar-refractivity contribution in [2.75, 3.05) is 10.6 Å². The predicted molar refractivity (Wildman–Crippen MR) is 101 cm³/mol. The minimum atomic E-state index is -0.119. The molecule has 0 saturated heterocycles. The highest BCUT2D eigenvalue weighted by Crippen LogP contribution is 2.18. The number of carbonyl (C=O) groups excluding carboxylic acids is 2. The highest BCUT2D eigenvalue weighted by molar-refractivity contribution is 5.92. The van der Waals surface area contributed by atoms with Gasteiger partial charge in [0.25, 0.3) is 0 Å². The second-order valence-corrected chi connectivity index (χ2v) is 6.13. The number of anilines is 2. The second kappa shape index (κ2) is 7.21. The molecule has 5 heteroatoms. The van der Waals surface area contributed by atoms with Crippen LogP contribution in [0, 0.1) is 0 Å². The van der Waals surface area contributed by atoms with Gasteiger partial charge < -0.3 is 15.2 Å². The van der Waals surface area contributed by atoms with E-state index in [1.165, 1.54) is 17.8 Å². The minimum Gasteiger partial charge on any atom is -0.351 e. The lowest BCUT2D eigenvalue weighted by Gasteiger charge is -2.07. The maximum atomic E-state index is 12.1. The Morgan fingerprint density at radius 2 is 1.64 bits per heavy atom. The van der Waals surface area contributed by atoms with Gasteiger partial charge in [0.2, 0.25) is 11.8 Å². The lowest BCUT2D eigenvalue weighted by Crippen LogP contribution is -2.12. The molecule has 2 N–H and O–H groups in total. The van der Waals surface area contributed by atoms with Gasteiger partial charge in [-0.2, -0.15) is 0 Å². The fraction of sp³-hybridized carbons (Fsp3) is 0.200. The summed E-state index contributed by atoms with van der Waals surface area (Å²) in [6.07, 6.45) is 3.14.